The highest BCUT2D eigenvalue weighted by Crippen LogP contribution is 2.29. The van der Waals surface area contributed by atoms with Crippen molar-refractivity contribution in [1.29, 1.82) is 0 Å². The van der Waals surface area contributed by atoms with E-state index in [1.165, 1.54) is 6.21 Å². The molecule has 2 aromatic rings. The Morgan fingerprint density at radius 3 is 2.48 bits per heavy atom. The molecule has 29 heavy (non-hydrogen) atoms. The molecule has 0 saturated heterocycles. The fourth-order valence-corrected chi connectivity index (χ4v) is 2.46. The van der Waals surface area contributed by atoms with Crippen molar-refractivity contribution in [3.05, 3.63) is 53.6 Å². The largest absolute Gasteiger partial charge is 0.497 e. The van der Waals surface area contributed by atoms with E-state index in [4.69, 9.17) is 14.2 Å². The predicted molar refractivity (Wildman–Crippen MR) is 110 cm³/mol. The van der Waals surface area contributed by atoms with Gasteiger partial charge in [-0.3, -0.25) is 9.59 Å². The lowest BCUT2D eigenvalue weighted by Crippen LogP contribution is -2.29. The first-order chi connectivity index (χ1) is 14.1. The standard InChI is InChI=1S/C21H25N3O5/c1-4-29-20-16(6-5-7-18(20)28-3)14-23-24-19(25)12-13-22-21(26)15-8-10-17(27-2)11-9-15/h5-11,14H,4,12-13H2,1-3H3,(H,22,26)(H,24,25). The molecule has 0 aromatic heterocycles. The van der Waals surface area contributed by atoms with Crippen LogP contribution in [0.2, 0.25) is 0 Å². The number of ether oxygens (including phenoxy) is 3. The summed E-state index contributed by atoms with van der Waals surface area (Å²) in [6.45, 7) is 2.53. The van der Waals surface area contributed by atoms with Crippen LogP contribution in [0, 0.1) is 0 Å². The lowest BCUT2D eigenvalue weighted by molar-refractivity contribution is -0.120. The average molecular weight is 399 g/mol. The number of methoxy groups -OCH3 is 2. The van der Waals surface area contributed by atoms with Gasteiger partial charge in [0.05, 0.1) is 27.0 Å². The maximum absolute atomic E-state index is 12.0. The van der Waals surface area contributed by atoms with Crippen LogP contribution in [0.5, 0.6) is 17.2 Å². The highest BCUT2D eigenvalue weighted by atomic mass is 16.5. The summed E-state index contributed by atoms with van der Waals surface area (Å²) >= 11 is 0. The first kappa shape index (κ1) is 21.7. The number of hydrazone groups is 1. The molecule has 8 nitrogen and oxygen atoms in total. The highest BCUT2D eigenvalue weighted by Gasteiger charge is 2.09. The van der Waals surface area contributed by atoms with Gasteiger partial charge in [-0.2, -0.15) is 5.10 Å². The fraction of sp³-hybridized carbons (Fsp3) is 0.286. The third-order valence-electron chi connectivity index (χ3n) is 3.90. The number of amides is 2. The van der Waals surface area contributed by atoms with Gasteiger partial charge in [0.2, 0.25) is 5.91 Å². The Morgan fingerprint density at radius 1 is 1.07 bits per heavy atom. The zero-order chi connectivity index (χ0) is 21.1. The minimum Gasteiger partial charge on any atom is -0.497 e. The molecule has 0 bridgehead atoms. The summed E-state index contributed by atoms with van der Waals surface area (Å²) in [5, 5.41) is 6.64. The molecular weight excluding hydrogens is 374 g/mol. The zero-order valence-electron chi connectivity index (χ0n) is 16.7. The Bertz CT molecular complexity index is 850. The van der Waals surface area contributed by atoms with Crippen molar-refractivity contribution in [2.75, 3.05) is 27.4 Å². The minimum atomic E-state index is -0.322. The van der Waals surface area contributed by atoms with Crippen LogP contribution in [0.4, 0.5) is 0 Å². The summed E-state index contributed by atoms with van der Waals surface area (Å²) in [4.78, 5) is 24.0. The Morgan fingerprint density at radius 2 is 1.83 bits per heavy atom. The number of rotatable bonds is 10. The van der Waals surface area contributed by atoms with Crippen LogP contribution < -0.4 is 25.0 Å². The number of nitrogens with one attached hydrogen (secondary N) is 2. The average Bonchev–Trinajstić information content (AvgIpc) is 2.74. The molecule has 0 aliphatic rings. The second-order valence-corrected chi connectivity index (χ2v) is 5.84. The molecule has 0 heterocycles. The SMILES string of the molecule is CCOc1c(C=NNC(=O)CCNC(=O)c2ccc(OC)cc2)cccc1OC. The molecule has 0 unspecified atom stereocenters. The van der Waals surface area contributed by atoms with Crippen molar-refractivity contribution < 1.29 is 23.8 Å². The quantitative estimate of drug-likeness (QED) is 0.472. The van der Waals surface area contributed by atoms with Gasteiger partial charge in [0.15, 0.2) is 11.5 Å². The molecule has 154 valence electrons. The molecular formula is C21H25N3O5. The van der Waals surface area contributed by atoms with E-state index in [2.05, 4.69) is 15.8 Å². The molecule has 2 amide bonds. The third-order valence-corrected chi connectivity index (χ3v) is 3.90. The van der Waals surface area contributed by atoms with Gasteiger partial charge in [-0.1, -0.05) is 6.07 Å². The van der Waals surface area contributed by atoms with E-state index >= 15 is 0 Å². The number of para-hydroxylation sites is 1. The molecule has 0 aliphatic heterocycles. The summed E-state index contributed by atoms with van der Waals surface area (Å²) in [6, 6.07) is 12.1. The smallest absolute Gasteiger partial charge is 0.251 e. The first-order valence-corrected chi connectivity index (χ1v) is 9.13. The predicted octanol–water partition coefficient (Wildman–Crippen LogP) is 2.37. The number of carbonyl (C=O) groups excluding carboxylic acids is 2. The van der Waals surface area contributed by atoms with E-state index in [9.17, 15) is 9.59 Å². The highest BCUT2D eigenvalue weighted by molar-refractivity contribution is 5.94. The molecule has 0 saturated carbocycles. The second kappa shape index (κ2) is 11.3. The summed E-state index contributed by atoms with van der Waals surface area (Å²) in [6.07, 6.45) is 1.58. The second-order valence-electron chi connectivity index (χ2n) is 5.84. The molecule has 8 heteroatoms. The van der Waals surface area contributed by atoms with Crippen LogP contribution in [0.15, 0.2) is 47.6 Å². The molecule has 0 radical (unpaired) electrons. The first-order valence-electron chi connectivity index (χ1n) is 9.13. The summed E-state index contributed by atoms with van der Waals surface area (Å²) in [5.74, 6) is 1.23. The van der Waals surface area contributed by atoms with Gasteiger partial charge in [-0.15, -0.1) is 0 Å². The lowest BCUT2D eigenvalue weighted by Gasteiger charge is -2.11. The molecule has 0 spiro atoms. The van der Waals surface area contributed by atoms with Gasteiger partial charge in [0.1, 0.15) is 5.75 Å². The monoisotopic (exact) mass is 399 g/mol. The number of nitrogens with zero attached hydrogens (tertiary/aromatic N) is 1. The van der Waals surface area contributed by atoms with E-state index < -0.39 is 0 Å². The summed E-state index contributed by atoms with van der Waals surface area (Å²) < 4.78 is 15.9. The summed E-state index contributed by atoms with van der Waals surface area (Å²) in [7, 11) is 3.11. The van der Waals surface area contributed by atoms with Crippen molar-refractivity contribution in [1.82, 2.24) is 10.7 Å². The van der Waals surface area contributed by atoms with E-state index in [1.54, 1.807) is 56.7 Å². The van der Waals surface area contributed by atoms with Gasteiger partial charge in [-0.25, -0.2) is 5.43 Å². The van der Waals surface area contributed by atoms with Crippen LogP contribution in [-0.4, -0.2) is 45.4 Å². The van der Waals surface area contributed by atoms with Gasteiger partial charge in [0.25, 0.3) is 5.91 Å². The number of benzene rings is 2. The van der Waals surface area contributed by atoms with Crippen molar-refractivity contribution in [3.63, 3.8) is 0 Å². The van der Waals surface area contributed by atoms with E-state index in [0.29, 0.717) is 35.0 Å². The minimum absolute atomic E-state index is 0.0929. The van der Waals surface area contributed by atoms with Crippen LogP contribution in [0.25, 0.3) is 0 Å². The molecule has 0 atom stereocenters. The third kappa shape index (κ3) is 6.53. The normalized spacial score (nSPS) is 10.4. The number of carbonyl (C=O) groups is 2. The maximum atomic E-state index is 12.0. The molecule has 2 N–H and O–H groups in total. The van der Waals surface area contributed by atoms with E-state index in [0.717, 1.165) is 0 Å². The van der Waals surface area contributed by atoms with Crippen molar-refractivity contribution in [2.24, 2.45) is 5.10 Å². The molecule has 2 rings (SSSR count). The van der Waals surface area contributed by atoms with Crippen molar-refractivity contribution in [3.8, 4) is 17.2 Å². The van der Waals surface area contributed by atoms with Crippen LogP contribution >= 0.6 is 0 Å². The van der Waals surface area contributed by atoms with Crippen molar-refractivity contribution in [2.45, 2.75) is 13.3 Å². The Hall–Kier alpha value is -3.55. The number of hydrogen-bond donors (Lipinski definition) is 2. The number of hydrogen-bond acceptors (Lipinski definition) is 6. The molecule has 2 aromatic carbocycles. The van der Waals surface area contributed by atoms with E-state index in [1.807, 2.05) is 6.92 Å². The van der Waals surface area contributed by atoms with Gasteiger partial charge in [0, 0.05) is 24.1 Å². The van der Waals surface area contributed by atoms with Gasteiger partial charge < -0.3 is 19.5 Å². The van der Waals surface area contributed by atoms with Crippen molar-refractivity contribution >= 4 is 18.0 Å². The fourth-order valence-electron chi connectivity index (χ4n) is 2.46. The van der Waals surface area contributed by atoms with Crippen LogP contribution in [-0.2, 0) is 4.79 Å². The topological polar surface area (TPSA) is 98.2 Å². The maximum Gasteiger partial charge on any atom is 0.251 e. The van der Waals surface area contributed by atoms with Gasteiger partial charge >= 0.3 is 0 Å². The zero-order valence-corrected chi connectivity index (χ0v) is 16.7. The lowest BCUT2D eigenvalue weighted by atomic mass is 10.2. The van der Waals surface area contributed by atoms with Crippen LogP contribution in [0.1, 0.15) is 29.3 Å². The van der Waals surface area contributed by atoms with E-state index in [-0.39, 0.29) is 24.8 Å². The Balaban J connectivity index is 1.81. The van der Waals surface area contributed by atoms with Gasteiger partial charge in [-0.05, 0) is 43.3 Å². The molecule has 0 aliphatic carbocycles. The van der Waals surface area contributed by atoms with Crippen LogP contribution in [0.3, 0.4) is 0 Å². The molecule has 0 fully saturated rings. The summed E-state index contributed by atoms with van der Waals surface area (Å²) in [5.41, 5.74) is 3.60. The Kier molecular flexibility index (Phi) is 8.50. The Labute approximate surface area is 169 Å².